The third kappa shape index (κ3) is 3.26. The Morgan fingerprint density at radius 2 is 1.57 bits per heavy atom. The average Bonchev–Trinajstić information content (AvgIpc) is 1.96. The standard InChI is InChI=1S/C9H7Cl3F2/c1-9(13,14)4-5-2-6(10)8(12)7(11)3-5/h2-3H,4H2,1H3. The molecule has 0 N–H and O–H groups in total. The first-order valence-electron chi connectivity index (χ1n) is 3.81. The summed E-state index contributed by atoms with van der Waals surface area (Å²) in [4.78, 5) is 0. The van der Waals surface area contributed by atoms with E-state index in [-0.39, 0.29) is 15.1 Å². The lowest BCUT2D eigenvalue weighted by atomic mass is 10.1. The second-order valence-electron chi connectivity index (χ2n) is 3.12. The van der Waals surface area contributed by atoms with Crippen LogP contribution in [0.4, 0.5) is 8.78 Å². The maximum absolute atomic E-state index is 12.7. The van der Waals surface area contributed by atoms with Gasteiger partial charge in [-0.15, -0.1) is 0 Å². The fourth-order valence-electron chi connectivity index (χ4n) is 1.07. The highest BCUT2D eigenvalue weighted by atomic mass is 35.5. The Kier molecular flexibility index (Phi) is 3.62. The van der Waals surface area contributed by atoms with E-state index >= 15 is 0 Å². The van der Waals surface area contributed by atoms with Crippen molar-refractivity contribution in [2.45, 2.75) is 19.3 Å². The lowest BCUT2D eigenvalue weighted by Crippen LogP contribution is -2.13. The summed E-state index contributed by atoms with van der Waals surface area (Å²) in [6, 6.07) is 2.79. The molecule has 1 aromatic rings. The van der Waals surface area contributed by atoms with Crippen molar-refractivity contribution in [2.75, 3.05) is 0 Å². The molecule has 0 aromatic heterocycles. The maximum Gasteiger partial charge on any atom is 0.249 e. The summed E-state index contributed by atoms with van der Waals surface area (Å²) < 4.78 is 25.3. The molecule has 0 saturated heterocycles. The van der Waals surface area contributed by atoms with Gasteiger partial charge in [0.05, 0.1) is 15.1 Å². The molecule has 78 valence electrons. The molecule has 0 fully saturated rings. The van der Waals surface area contributed by atoms with Crippen molar-refractivity contribution in [2.24, 2.45) is 0 Å². The van der Waals surface area contributed by atoms with Gasteiger partial charge in [-0.2, -0.15) is 0 Å². The second kappa shape index (κ2) is 4.21. The van der Waals surface area contributed by atoms with E-state index in [1.165, 1.54) is 12.1 Å². The van der Waals surface area contributed by atoms with Gasteiger partial charge in [0.2, 0.25) is 5.92 Å². The summed E-state index contributed by atoms with van der Waals surface area (Å²) in [5.41, 5.74) is 0.372. The smallest absolute Gasteiger partial charge is 0.207 e. The van der Waals surface area contributed by atoms with Crippen LogP contribution < -0.4 is 0 Å². The molecular weight excluding hydrogens is 252 g/mol. The Bertz CT molecular complexity index is 321. The molecule has 14 heavy (non-hydrogen) atoms. The van der Waals surface area contributed by atoms with Crippen molar-refractivity contribution >= 4 is 34.8 Å². The molecule has 5 heteroatoms. The molecule has 0 aliphatic rings. The zero-order valence-electron chi connectivity index (χ0n) is 7.25. The Morgan fingerprint density at radius 3 is 1.93 bits per heavy atom. The van der Waals surface area contributed by atoms with E-state index in [9.17, 15) is 8.78 Å². The van der Waals surface area contributed by atoms with Gasteiger partial charge in [0.25, 0.3) is 0 Å². The topological polar surface area (TPSA) is 0 Å². The largest absolute Gasteiger partial charge is 0.249 e. The van der Waals surface area contributed by atoms with Crippen LogP contribution in [0.5, 0.6) is 0 Å². The summed E-state index contributed by atoms with van der Waals surface area (Å²) in [6.07, 6.45) is -0.399. The number of rotatable bonds is 2. The molecule has 0 atom stereocenters. The lowest BCUT2D eigenvalue weighted by molar-refractivity contribution is 0.0226. The van der Waals surface area contributed by atoms with Crippen molar-refractivity contribution in [1.29, 1.82) is 0 Å². The molecule has 0 aliphatic carbocycles. The number of halogens is 5. The van der Waals surface area contributed by atoms with Crippen LogP contribution in [0.2, 0.25) is 15.1 Å². The summed E-state index contributed by atoms with van der Waals surface area (Å²) in [6.45, 7) is 0.837. The maximum atomic E-state index is 12.7. The molecule has 0 unspecified atom stereocenters. The summed E-state index contributed by atoms with van der Waals surface area (Å²) in [5, 5.41) is 0.577. The number of alkyl halides is 2. The molecule has 1 aromatic carbocycles. The molecule has 0 bridgehead atoms. The van der Waals surface area contributed by atoms with E-state index in [1.807, 2.05) is 0 Å². The van der Waals surface area contributed by atoms with Gasteiger partial charge in [0, 0.05) is 6.42 Å². The highest BCUT2D eigenvalue weighted by molar-refractivity contribution is 6.48. The first kappa shape index (κ1) is 12.0. The Morgan fingerprint density at radius 1 is 1.14 bits per heavy atom. The highest BCUT2D eigenvalue weighted by Crippen LogP contribution is 2.32. The monoisotopic (exact) mass is 258 g/mol. The Balaban J connectivity index is 3.02. The fraction of sp³-hybridized carbons (Fsp3) is 0.333. The average molecular weight is 260 g/mol. The minimum atomic E-state index is -2.78. The SMILES string of the molecule is CC(F)(F)Cc1cc(Cl)c(Cl)c(Cl)c1. The molecule has 0 saturated carbocycles. The molecule has 0 spiro atoms. The predicted molar refractivity (Wildman–Crippen MR) is 55.8 cm³/mol. The summed E-state index contributed by atoms with van der Waals surface area (Å²) in [7, 11) is 0. The molecule has 0 aliphatic heterocycles. The van der Waals surface area contributed by atoms with Crippen LogP contribution in [0, 0.1) is 0 Å². The first-order valence-corrected chi connectivity index (χ1v) is 4.94. The van der Waals surface area contributed by atoms with E-state index in [1.54, 1.807) is 0 Å². The van der Waals surface area contributed by atoms with Crippen LogP contribution in [0.1, 0.15) is 12.5 Å². The fourth-order valence-corrected chi connectivity index (χ4v) is 1.71. The van der Waals surface area contributed by atoms with Crippen LogP contribution >= 0.6 is 34.8 Å². The van der Waals surface area contributed by atoms with Crippen LogP contribution in [0.3, 0.4) is 0 Å². The van der Waals surface area contributed by atoms with Crippen molar-refractivity contribution < 1.29 is 8.78 Å². The van der Waals surface area contributed by atoms with Crippen molar-refractivity contribution in [3.63, 3.8) is 0 Å². The molecule has 0 radical (unpaired) electrons. The van der Waals surface area contributed by atoms with Crippen LogP contribution in [0.25, 0.3) is 0 Å². The zero-order valence-corrected chi connectivity index (χ0v) is 9.52. The third-order valence-electron chi connectivity index (χ3n) is 1.56. The Labute approximate surface area is 95.8 Å². The van der Waals surface area contributed by atoms with Gasteiger partial charge in [-0.25, -0.2) is 8.78 Å². The molecule has 0 heterocycles. The minimum absolute atomic E-state index is 0.191. The van der Waals surface area contributed by atoms with Gasteiger partial charge in [0.1, 0.15) is 0 Å². The van der Waals surface area contributed by atoms with Crippen LogP contribution in [-0.2, 0) is 6.42 Å². The normalized spacial score (nSPS) is 11.9. The van der Waals surface area contributed by atoms with Crippen LogP contribution in [-0.4, -0.2) is 5.92 Å². The summed E-state index contributed by atoms with van der Waals surface area (Å²) in [5.74, 6) is -2.78. The molecule has 1 rings (SSSR count). The van der Waals surface area contributed by atoms with Crippen molar-refractivity contribution in [1.82, 2.24) is 0 Å². The van der Waals surface area contributed by atoms with Gasteiger partial charge in [0.15, 0.2) is 0 Å². The van der Waals surface area contributed by atoms with Gasteiger partial charge in [-0.05, 0) is 24.6 Å². The van der Waals surface area contributed by atoms with Gasteiger partial charge < -0.3 is 0 Å². The van der Waals surface area contributed by atoms with E-state index in [2.05, 4.69) is 0 Å². The number of hydrogen-bond acceptors (Lipinski definition) is 0. The highest BCUT2D eigenvalue weighted by Gasteiger charge is 2.22. The lowest BCUT2D eigenvalue weighted by Gasteiger charge is -2.11. The molecule has 0 nitrogen and oxygen atoms in total. The van der Waals surface area contributed by atoms with Crippen LogP contribution in [0.15, 0.2) is 12.1 Å². The summed E-state index contributed by atoms with van der Waals surface area (Å²) >= 11 is 17.0. The van der Waals surface area contributed by atoms with Crippen molar-refractivity contribution in [3.05, 3.63) is 32.8 Å². The molecule has 0 amide bonds. The molecular formula is C9H7Cl3F2. The quantitative estimate of drug-likeness (QED) is 0.666. The Hall–Kier alpha value is -0.0500. The zero-order chi connectivity index (χ0) is 10.9. The number of benzene rings is 1. The number of hydrogen-bond donors (Lipinski definition) is 0. The van der Waals surface area contributed by atoms with Crippen molar-refractivity contribution in [3.8, 4) is 0 Å². The van der Waals surface area contributed by atoms with Gasteiger partial charge in [-0.3, -0.25) is 0 Å². The minimum Gasteiger partial charge on any atom is -0.207 e. The predicted octanol–water partition coefficient (Wildman–Crippen LogP) is 4.84. The van der Waals surface area contributed by atoms with E-state index in [0.717, 1.165) is 6.92 Å². The van der Waals surface area contributed by atoms with E-state index in [0.29, 0.717) is 5.56 Å². The first-order chi connectivity index (χ1) is 6.29. The van der Waals surface area contributed by atoms with Gasteiger partial charge >= 0.3 is 0 Å². The third-order valence-corrected chi connectivity index (χ3v) is 2.75. The van der Waals surface area contributed by atoms with E-state index in [4.69, 9.17) is 34.8 Å². The second-order valence-corrected chi connectivity index (χ2v) is 4.31. The van der Waals surface area contributed by atoms with E-state index < -0.39 is 12.3 Å². The van der Waals surface area contributed by atoms with Gasteiger partial charge in [-0.1, -0.05) is 34.8 Å².